The molecule has 1 atom stereocenters. The minimum absolute atomic E-state index is 0.0403. The molecule has 0 aliphatic carbocycles. The predicted molar refractivity (Wildman–Crippen MR) is 80.7 cm³/mol. The topological polar surface area (TPSA) is 55.1 Å². The van der Waals surface area contributed by atoms with Crippen molar-refractivity contribution in [2.75, 3.05) is 6.54 Å². The first-order valence-electron chi connectivity index (χ1n) is 6.50. The molecule has 0 fully saturated rings. The van der Waals surface area contributed by atoms with Crippen LogP contribution in [0.25, 0.3) is 0 Å². The summed E-state index contributed by atoms with van der Waals surface area (Å²) in [5.74, 6) is -0.0595. The van der Waals surface area contributed by atoms with Crippen LogP contribution < -0.4 is 11.1 Å². The molecule has 3 nitrogen and oxygen atoms in total. The van der Waals surface area contributed by atoms with Crippen LogP contribution in [0.5, 0.6) is 0 Å². The van der Waals surface area contributed by atoms with Crippen LogP contribution in [-0.2, 0) is 11.2 Å². The number of benzene rings is 1. The lowest BCUT2D eigenvalue weighted by atomic mass is 10.1. The molecule has 3 N–H and O–H groups in total. The second kappa shape index (κ2) is 8.41. The molecule has 19 heavy (non-hydrogen) atoms. The van der Waals surface area contributed by atoms with Crippen molar-refractivity contribution in [1.82, 2.24) is 5.32 Å². The van der Waals surface area contributed by atoms with Crippen LogP contribution in [0.3, 0.4) is 0 Å². The number of nitrogens with one attached hydrogen (secondary N) is 1. The summed E-state index contributed by atoms with van der Waals surface area (Å²) in [4.78, 5) is 11.9. The van der Waals surface area contributed by atoms with Gasteiger partial charge in [-0.3, -0.25) is 4.79 Å². The molecule has 1 aromatic carbocycles. The first-order chi connectivity index (χ1) is 9.06. The maximum atomic E-state index is 11.9. The molecular formula is C14H20Cl2N2O. The molecule has 0 bridgehead atoms. The fourth-order valence-electron chi connectivity index (χ4n) is 1.82. The smallest absolute Gasteiger partial charge is 0.224 e. The number of carbonyl (C=O) groups is 1. The third-order valence-electron chi connectivity index (χ3n) is 2.92. The summed E-state index contributed by atoms with van der Waals surface area (Å²) in [6.45, 7) is 2.57. The molecule has 0 spiro atoms. The van der Waals surface area contributed by atoms with Gasteiger partial charge in [-0.1, -0.05) is 49.0 Å². The van der Waals surface area contributed by atoms with Crippen molar-refractivity contribution >= 4 is 29.1 Å². The van der Waals surface area contributed by atoms with E-state index < -0.39 is 0 Å². The van der Waals surface area contributed by atoms with E-state index in [0.29, 0.717) is 16.6 Å². The molecule has 1 aromatic rings. The van der Waals surface area contributed by atoms with Gasteiger partial charge in [-0.15, -0.1) is 0 Å². The number of nitrogens with two attached hydrogens (primary N) is 1. The Morgan fingerprint density at radius 3 is 2.74 bits per heavy atom. The van der Waals surface area contributed by atoms with Gasteiger partial charge in [0.2, 0.25) is 5.91 Å². The van der Waals surface area contributed by atoms with Crippen LogP contribution in [0.4, 0.5) is 0 Å². The number of hydrogen-bond donors (Lipinski definition) is 2. The molecule has 0 aliphatic heterocycles. The van der Waals surface area contributed by atoms with Gasteiger partial charge in [0.15, 0.2) is 0 Å². The van der Waals surface area contributed by atoms with Crippen LogP contribution in [0.2, 0.25) is 10.0 Å². The van der Waals surface area contributed by atoms with E-state index in [-0.39, 0.29) is 18.4 Å². The van der Waals surface area contributed by atoms with Gasteiger partial charge in [-0.05, 0) is 24.1 Å². The van der Waals surface area contributed by atoms with E-state index in [1.165, 1.54) is 0 Å². The van der Waals surface area contributed by atoms with Gasteiger partial charge >= 0.3 is 0 Å². The van der Waals surface area contributed by atoms with Gasteiger partial charge in [0.05, 0.1) is 6.42 Å². The van der Waals surface area contributed by atoms with Crippen LogP contribution >= 0.6 is 23.2 Å². The number of carbonyl (C=O) groups excluding carboxylic acids is 1. The average Bonchev–Trinajstić information content (AvgIpc) is 2.38. The number of hydrogen-bond acceptors (Lipinski definition) is 2. The largest absolute Gasteiger partial charge is 0.352 e. The maximum absolute atomic E-state index is 11.9. The first kappa shape index (κ1) is 16.3. The highest BCUT2D eigenvalue weighted by Gasteiger charge is 2.12. The summed E-state index contributed by atoms with van der Waals surface area (Å²) in [5, 5.41) is 4.02. The Kier molecular flexibility index (Phi) is 7.21. The van der Waals surface area contributed by atoms with Gasteiger partial charge in [-0.2, -0.15) is 0 Å². The van der Waals surface area contributed by atoms with E-state index in [1.807, 2.05) is 0 Å². The molecule has 0 radical (unpaired) electrons. The average molecular weight is 303 g/mol. The standard InChI is InChI=1S/C14H20Cl2N2O/c1-2-3-4-12(9-17)18-14(19)7-10-5-6-11(15)8-13(10)16/h5-6,8,12H,2-4,7,9,17H2,1H3,(H,18,19). The molecule has 0 heterocycles. The van der Waals surface area contributed by atoms with Gasteiger partial charge in [0, 0.05) is 22.6 Å². The summed E-state index contributed by atoms with van der Waals surface area (Å²) < 4.78 is 0. The van der Waals surface area contributed by atoms with Crippen LogP contribution in [0, 0.1) is 0 Å². The quantitative estimate of drug-likeness (QED) is 0.813. The summed E-state index contributed by atoms with van der Waals surface area (Å²) in [5.41, 5.74) is 6.42. The highest BCUT2D eigenvalue weighted by molar-refractivity contribution is 6.35. The Hall–Kier alpha value is -0.770. The second-order valence-electron chi connectivity index (χ2n) is 4.55. The van der Waals surface area contributed by atoms with Gasteiger partial charge in [-0.25, -0.2) is 0 Å². The van der Waals surface area contributed by atoms with E-state index in [9.17, 15) is 4.79 Å². The zero-order valence-electron chi connectivity index (χ0n) is 11.1. The maximum Gasteiger partial charge on any atom is 0.224 e. The van der Waals surface area contributed by atoms with E-state index in [4.69, 9.17) is 28.9 Å². The number of unbranched alkanes of at least 4 members (excludes halogenated alkanes) is 1. The lowest BCUT2D eigenvalue weighted by Gasteiger charge is -2.16. The lowest BCUT2D eigenvalue weighted by molar-refractivity contribution is -0.121. The normalized spacial score (nSPS) is 12.2. The van der Waals surface area contributed by atoms with E-state index in [1.54, 1.807) is 18.2 Å². The van der Waals surface area contributed by atoms with Crippen LogP contribution in [0.1, 0.15) is 31.7 Å². The molecule has 1 amide bonds. The van der Waals surface area contributed by atoms with Crippen molar-refractivity contribution < 1.29 is 4.79 Å². The molecule has 0 aliphatic rings. The molecule has 1 unspecified atom stereocenters. The highest BCUT2D eigenvalue weighted by Crippen LogP contribution is 2.21. The summed E-state index contributed by atoms with van der Waals surface area (Å²) >= 11 is 11.9. The van der Waals surface area contributed by atoms with Crippen LogP contribution in [0.15, 0.2) is 18.2 Å². The molecule has 0 saturated carbocycles. The zero-order valence-corrected chi connectivity index (χ0v) is 12.6. The second-order valence-corrected chi connectivity index (χ2v) is 5.40. The number of halogens is 2. The molecular weight excluding hydrogens is 283 g/mol. The summed E-state index contributed by atoms with van der Waals surface area (Å²) in [7, 11) is 0. The minimum atomic E-state index is -0.0595. The third kappa shape index (κ3) is 5.81. The SMILES string of the molecule is CCCCC(CN)NC(=O)Cc1ccc(Cl)cc1Cl. The Labute approximate surface area is 124 Å². The molecule has 5 heteroatoms. The highest BCUT2D eigenvalue weighted by atomic mass is 35.5. The van der Waals surface area contributed by atoms with Gasteiger partial charge in [0.25, 0.3) is 0 Å². The predicted octanol–water partition coefficient (Wildman–Crippen LogP) is 3.17. The van der Waals surface area contributed by atoms with E-state index in [2.05, 4.69) is 12.2 Å². The van der Waals surface area contributed by atoms with Crippen molar-refractivity contribution in [2.24, 2.45) is 5.73 Å². The van der Waals surface area contributed by atoms with Gasteiger partial charge < -0.3 is 11.1 Å². The Morgan fingerprint density at radius 2 is 2.16 bits per heavy atom. The molecule has 106 valence electrons. The zero-order chi connectivity index (χ0) is 14.3. The number of amides is 1. The van der Waals surface area contributed by atoms with E-state index in [0.717, 1.165) is 24.8 Å². The molecule has 0 saturated heterocycles. The first-order valence-corrected chi connectivity index (χ1v) is 7.25. The molecule has 1 rings (SSSR count). The summed E-state index contributed by atoms with van der Waals surface area (Å²) in [6, 6.07) is 5.18. The fourth-order valence-corrected chi connectivity index (χ4v) is 2.29. The molecule has 0 aromatic heterocycles. The van der Waals surface area contributed by atoms with E-state index >= 15 is 0 Å². The Balaban J connectivity index is 2.54. The minimum Gasteiger partial charge on any atom is -0.352 e. The van der Waals surface area contributed by atoms with Crippen molar-refractivity contribution in [3.05, 3.63) is 33.8 Å². The third-order valence-corrected chi connectivity index (χ3v) is 3.51. The van der Waals surface area contributed by atoms with Crippen molar-refractivity contribution in [1.29, 1.82) is 0 Å². The Morgan fingerprint density at radius 1 is 1.42 bits per heavy atom. The van der Waals surface area contributed by atoms with Crippen LogP contribution in [-0.4, -0.2) is 18.5 Å². The fraction of sp³-hybridized carbons (Fsp3) is 0.500. The van der Waals surface area contributed by atoms with Crippen molar-refractivity contribution in [3.63, 3.8) is 0 Å². The lowest BCUT2D eigenvalue weighted by Crippen LogP contribution is -2.40. The summed E-state index contributed by atoms with van der Waals surface area (Å²) in [6.07, 6.45) is 3.31. The monoisotopic (exact) mass is 302 g/mol. The van der Waals surface area contributed by atoms with Crippen molar-refractivity contribution in [3.8, 4) is 0 Å². The van der Waals surface area contributed by atoms with Gasteiger partial charge in [0.1, 0.15) is 0 Å². The Bertz CT molecular complexity index is 424. The van der Waals surface area contributed by atoms with Crippen molar-refractivity contribution in [2.45, 2.75) is 38.6 Å². The number of rotatable bonds is 7.